The number of methoxy groups -OCH3 is 1. The van der Waals surface area contributed by atoms with Crippen molar-refractivity contribution >= 4 is 29.2 Å². The second kappa shape index (κ2) is 6.25. The summed E-state index contributed by atoms with van der Waals surface area (Å²) in [5.74, 6) is -0.536. The molecule has 5 heteroatoms. The molecule has 0 aliphatic rings. The van der Waals surface area contributed by atoms with Crippen LogP contribution in [0.5, 0.6) is 0 Å². The number of alkyl halides is 1. The SMILES string of the molecule is COC(=O)c1ccc(NC(=O)C(C)CCl)cc1. The van der Waals surface area contributed by atoms with Crippen molar-refractivity contribution < 1.29 is 14.3 Å². The minimum Gasteiger partial charge on any atom is -0.465 e. The molecule has 0 fully saturated rings. The number of carbonyl (C=O) groups excluding carboxylic acids is 2. The van der Waals surface area contributed by atoms with Crippen molar-refractivity contribution in [1.29, 1.82) is 0 Å². The molecule has 17 heavy (non-hydrogen) atoms. The number of halogens is 1. The van der Waals surface area contributed by atoms with Gasteiger partial charge in [0, 0.05) is 17.5 Å². The van der Waals surface area contributed by atoms with Gasteiger partial charge in [0.15, 0.2) is 0 Å². The fourth-order valence-electron chi connectivity index (χ4n) is 1.14. The van der Waals surface area contributed by atoms with Crippen molar-refractivity contribution in [3.05, 3.63) is 29.8 Å². The normalized spacial score (nSPS) is 11.7. The van der Waals surface area contributed by atoms with Gasteiger partial charge >= 0.3 is 5.97 Å². The van der Waals surface area contributed by atoms with Crippen LogP contribution in [0.25, 0.3) is 0 Å². The molecule has 1 aromatic carbocycles. The number of benzene rings is 1. The van der Waals surface area contributed by atoms with Crippen LogP contribution in [0.1, 0.15) is 17.3 Å². The van der Waals surface area contributed by atoms with Crippen molar-refractivity contribution in [2.75, 3.05) is 18.3 Å². The molecule has 4 nitrogen and oxygen atoms in total. The van der Waals surface area contributed by atoms with Crippen LogP contribution in [0.3, 0.4) is 0 Å². The molecule has 0 bridgehead atoms. The predicted molar refractivity (Wildman–Crippen MR) is 66.3 cm³/mol. The van der Waals surface area contributed by atoms with Gasteiger partial charge in [-0.05, 0) is 24.3 Å². The number of rotatable bonds is 4. The van der Waals surface area contributed by atoms with Gasteiger partial charge in [-0.3, -0.25) is 4.79 Å². The van der Waals surface area contributed by atoms with E-state index in [1.165, 1.54) is 7.11 Å². The van der Waals surface area contributed by atoms with E-state index in [-0.39, 0.29) is 17.7 Å². The van der Waals surface area contributed by atoms with Gasteiger partial charge in [0.1, 0.15) is 0 Å². The minimum atomic E-state index is -0.406. The first-order valence-corrected chi connectivity index (χ1v) is 5.67. The summed E-state index contributed by atoms with van der Waals surface area (Å²) in [6.07, 6.45) is 0. The fraction of sp³-hybridized carbons (Fsp3) is 0.333. The quantitative estimate of drug-likeness (QED) is 0.663. The summed E-state index contributed by atoms with van der Waals surface area (Å²) in [5, 5.41) is 2.70. The van der Waals surface area contributed by atoms with Gasteiger partial charge in [0.25, 0.3) is 0 Å². The molecular formula is C12H14ClNO3. The van der Waals surface area contributed by atoms with Gasteiger partial charge in [-0.25, -0.2) is 4.79 Å². The van der Waals surface area contributed by atoms with E-state index in [0.717, 1.165) is 0 Å². The highest BCUT2D eigenvalue weighted by Crippen LogP contribution is 2.12. The Hall–Kier alpha value is -1.55. The molecule has 1 unspecified atom stereocenters. The predicted octanol–water partition coefficient (Wildman–Crippen LogP) is 2.29. The van der Waals surface area contributed by atoms with Crippen LogP contribution in [-0.2, 0) is 9.53 Å². The van der Waals surface area contributed by atoms with Crippen LogP contribution in [0.2, 0.25) is 0 Å². The van der Waals surface area contributed by atoms with Crippen molar-refractivity contribution in [2.24, 2.45) is 5.92 Å². The van der Waals surface area contributed by atoms with Crippen LogP contribution < -0.4 is 5.32 Å². The number of amides is 1. The first kappa shape index (κ1) is 13.5. The van der Waals surface area contributed by atoms with Gasteiger partial charge in [0.2, 0.25) is 5.91 Å². The molecule has 0 radical (unpaired) electrons. The van der Waals surface area contributed by atoms with Crippen LogP contribution in [0, 0.1) is 5.92 Å². The lowest BCUT2D eigenvalue weighted by Crippen LogP contribution is -2.21. The zero-order valence-electron chi connectivity index (χ0n) is 9.70. The molecule has 0 aliphatic carbocycles. The number of anilines is 1. The van der Waals surface area contributed by atoms with E-state index in [1.807, 2.05) is 0 Å². The fourth-order valence-corrected chi connectivity index (χ4v) is 1.28. The van der Waals surface area contributed by atoms with Crippen LogP contribution in [0.15, 0.2) is 24.3 Å². The van der Waals surface area contributed by atoms with Crippen molar-refractivity contribution in [3.8, 4) is 0 Å². The Balaban J connectivity index is 2.69. The highest BCUT2D eigenvalue weighted by atomic mass is 35.5. The van der Waals surface area contributed by atoms with E-state index in [0.29, 0.717) is 11.3 Å². The summed E-state index contributed by atoms with van der Waals surface area (Å²) in [4.78, 5) is 22.7. The largest absolute Gasteiger partial charge is 0.465 e. The van der Waals surface area contributed by atoms with Crippen LogP contribution in [-0.4, -0.2) is 24.9 Å². The van der Waals surface area contributed by atoms with Crippen LogP contribution >= 0.6 is 11.6 Å². The second-order valence-corrected chi connectivity index (χ2v) is 3.92. The molecule has 1 amide bonds. The maximum absolute atomic E-state index is 11.5. The molecule has 0 saturated heterocycles. The zero-order valence-corrected chi connectivity index (χ0v) is 10.5. The van der Waals surface area contributed by atoms with Gasteiger partial charge in [-0.1, -0.05) is 6.92 Å². The number of carbonyl (C=O) groups is 2. The Morgan fingerprint density at radius 2 is 1.94 bits per heavy atom. The molecule has 1 N–H and O–H groups in total. The average Bonchev–Trinajstić information content (AvgIpc) is 2.37. The molecule has 0 aliphatic heterocycles. The van der Waals surface area contributed by atoms with Crippen molar-refractivity contribution in [3.63, 3.8) is 0 Å². The lowest BCUT2D eigenvalue weighted by molar-refractivity contribution is -0.118. The summed E-state index contributed by atoms with van der Waals surface area (Å²) in [6.45, 7) is 1.74. The molecule has 0 heterocycles. The summed E-state index contributed by atoms with van der Waals surface area (Å²) in [5.41, 5.74) is 1.07. The lowest BCUT2D eigenvalue weighted by atomic mass is 10.1. The topological polar surface area (TPSA) is 55.4 Å². The third kappa shape index (κ3) is 3.75. The Kier molecular flexibility index (Phi) is 4.97. The molecule has 92 valence electrons. The first-order valence-electron chi connectivity index (χ1n) is 5.13. The van der Waals surface area contributed by atoms with Gasteiger partial charge in [-0.15, -0.1) is 11.6 Å². The maximum Gasteiger partial charge on any atom is 0.337 e. The van der Waals surface area contributed by atoms with Gasteiger partial charge in [-0.2, -0.15) is 0 Å². The number of nitrogens with one attached hydrogen (secondary N) is 1. The van der Waals surface area contributed by atoms with E-state index < -0.39 is 5.97 Å². The highest BCUT2D eigenvalue weighted by Gasteiger charge is 2.11. The smallest absolute Gasteiger partial charge is 0.337 e. The van der Waals surface area contributed by atoms with Crippen molar-refractivity contribution in [1.82, 2.24) is 0 Å². The summed E-state index contributed by atoms with van der Waals surface area (Å²) >= 11 is 5.58. The number of hydrogen-bond donors (Lipinski definition) is 1. The average molecular weight is 256 g/mol. The maximum atomic E-state index is 11.5. The Labute approximate surface area is 105 Å². The molecule has 0 spiro atoms. The molecule has 1 aromatic rings. The molecule has 1 rings (SSSR count). The zero-order chi connectivity index (χ0) is 12.8. The standard InChI is InChI=1S/C12H14ClNO3/c1-8(7-13)11(15)14-10-5-3-9(4-6-10)12(16)17-2/h3-6,8H,7H2,1-2H3,(H,14,15). The minimum absolute atomic E-state index is 0.147. The Morgan fingerprint density at radius 3 is 2.41 bits per heavy atom. The van der Waals surface area contributed by atoms with Gasteiger partial charge < -0.3 is 10.1 Å². The lowest BCUT2D eigenvalue weighted by Gasteiger charge is -2.09. The molecule has 0 aromatic heterocycles. The third-order valence-electron chi connectivity index (χ3n) is 2.25. The van der Waals surface area contributed by atoms with E-state index >= 15 is 0 Å². The Bertz CT molecular complexity index is 403. The third-order valence-corrected chi connectivity index (χ3v) is 2.72. The number of hydrogen-bond acceptors (Lipinski definition) is 3. The number of ether oxygens (including phenoxy) is 1. The highest BCUT2D eigenvalue weighted by molar-refractivity contribution is 6.19. The summed E-state index contributed by atoms with van der Waals surface area (Å²) in [6, 6.07) is 6.47. The summed E-state index contributed by atoms with van der Waals surface area (Å²) < 4.78 is 4.57. The summed E-state index contributed by atoms with van der Waals surface area (Å²) in [7, 11) is 1.32. The molecule has 0 saturated carbocycles. The van der Waals surface area contributed by atoms with E-state index in [2.05, 4.69) is 10.1 Å². The molecule has 1 atom stereocenters. The van der Waals surface area contributed by atoms with Crippen LogP contribution in [0.4, 0.5) is 5.69 Å². The first-order chi connectivity index (χ1) is 8.08. The second-order valence-electron chi connectivity index (χ2n) is 3.61. The number of esters is 1. The Morgan fingerprint density at radius 1 is 1.35 bits per heavy atom. The van der Waals surface area contributed by atoms with E-state index in [4.69, 9.17) is 11.6 Å². The van der Waals surface area contributed by atoms with E-state index in [9.17, 15) is 9.59 Å². The van der Waals surface area contributed by atoms with Gasteiger partial charge in [0.05, 0.1) is 12.7 Å². The monoisotopic (exact) mass is 255 g/mol. The van der Waals surface area contributed by atoms with E-state index in [1.54, 1.807) is 31.2 Å². The molecular weight excluding hydrogens is 242 g/mol. The van der Waals surface area contributed by atoms with Crippen molar-refractivity contribution in [2.45, 2.75) is 6.92 Å².